The number of hydrogen-bond donors (Lipinski definition) is 1. The monoisotopic (exact) mass is 271 g/mol. The Morgan fingerprint density at radius 2 is 1.95 bits per heavy atom. The number of nitriles is 1. The fraction of sp³-hybridized carbons (Fsp3) is 0.375. The lowest BCUT2D eigenvalue weighted by Gasteiger charge is -2.15. The van der Waals surface area contributed by atoms with E-state index < -0.39 is 0 Å². The summed E-state index contributed by atoms with van der Waals surface area (Å²) in [4.78, 5) is 13.8. The van der Waals surface area contributed by atoms with Crippen molar-refractivity contribution in [2.75, 3.05) is 19.6 Å². The van der Waals surface area contributed by atoms with E-state index >= 15 is 0 Å². The van der Waals surface area contributed by atoms with Gasteiger partial charge in [0.05, 0.1) is 0 Å². The fourth-order valence-electron chi connectivity index (χ4n) is 1.79. The molecule has 0 aromatic heterocycles. The molecule has 0 spiro atoms. The van der Waals surface area contributed by atoms with Crippen molar-refractivity contribution in [3.63, 3.8) is 0 Å². The standard InChI is InChI=1S/C16H21N3O/c1-3-19(4-2)13-15(12-17)16(20)18-11-10-14-8-6-5-7-9-14/h5-9,13H,3-4,10-11H2,1-2H3,(H,18,20)/b15-13-. The molecule has 4 heteroatoms. The zero-order valence-corrected chi connectivity index (χ0v) is 12.1. The van der Waals surface area contributed by atoms with E-state index in [1.807, 2.05) is 55.1 Å². The molecule has 0 heterocycles. The summed E-state index contributed by atoms with van der Waals surface area (Å²) in [5.41, 5.74) is 1.32. The minimum Gasteiger partial charge on any atom is -0.377 e. The van der Waals surface area contributed by atoms with E-state index in [0.717, 1.165) is 19.5 Å². The van der Waals surface area contributed by atoms with Crippen LogP contribution in [0.5, 0.6) is 0 Å². The number of benzene rings is 1. The van der Waals surface area contributed by atoms with Crippen LogP contribution in [-0.4, -0.2) is 30.4 Å². The number of nitrogens with one attached hydrogen (secondary N) is 1. The Hall–Kier alpha value is -2.28. The largest absolute Gasteiger partial charge is 0.377 e. The smallest absolute Gasteiger partial charge is 0.263 e. The molecule has 0 aliphatic carbocycles. The molecule has 106 valence electrons. The van der Waals surface area contributed by atoms with Crippen LogP contribution in [0, 0.1) is 11.3 Å². The SMILES string of the molecule is CCN(/C=C(/C#N)C(=O)NCCc1ccccc1)CC. The van der Waals surface area contributed by atoms with E-state index in [-0.39, 0.29) is 11.5 Å². The highest BCUT2D eigenvalue weighted by molar-refractivity contribution is 5.97. The fourth-order valence-corrected chi connectivity index (χ4v) is 1.79. The van der Waals surface area contributed by atoms with Gasteiger partial charge in [0.15, 0.2) is 0 Å². The molecule has 4 nitrogen and oxygen atoms in total. The highest BCUT2D eigenvalue weighted by Gasteiger charge is 2.09. The van der Waals surface area contributed by atoms with Gasteiger partial charge >= 0.3 is 0 Å². The van der Waals surface area contributed by atoms with Crippen molar-refractivity contribution in [1.82, 2.24) is 10.2 Å². The summed E-state index contributed by atoms with van der Waals surface area (Å²) in [6.07, 6.45) is 2.38. The molecule has 20 heavy (non-hydrogen) atoms. The molecule has 0 aliphatic heterocycles. The highest BCUT2D eigenvalue weighted by Crippen LogP contribution is 2.00. The lowest BCUT2D eigenvalue weighted by molar-refractivity contribution is -0.117. The van der Waals surface area contributed by atoms with Gasteiger partial charge < -0.3 is 10.2 Å². The molecule has 1 aromatic carbocycles. The third kappa shape index (κ3) is 5.15. The van der Waals surface area contributed by atoms with E-state index in [9.17, 15) is 4.79 Å². The second-order valence-corrected chi connectivity index (χ2v) is 4.37. The van der Waals surface area contributed by atoms with Gasteiger partial charge in [-0.15, -0.1) is 0 Å². The molecule has 0 saturated heterocycles. The zero-order valence-electron chi connectivity index (χ0n) is 12.1. The lowest BCUT2D eigenvalue weighted by Crippen LogP contribution is -2.28. The highest BCUT2D eigenvalue weighted by atomic mass is 16.1. The van der Waals surface area contributed by atoms with Crippen LogP contribution in [0.4, 0.5) is 0 Å². The van der Waals surface area contributed by atoms with Crippen LogP contribution < -0.4 is 5.32 Å². The van der Waals surface area contributed by atoms with Crippen LogP contribution in [0.1, 0.15) is 19.4 Å². The van der Waals surface area contributed by atoms with Crippen LogP contribution in [0.3, 0.4) is 0 Å². The second-order valence-electron chi connectivity index (χ2n) is 4.37. The molecule has 0 radical (unpaired) electrons. The average molecular weight is 271 g/mol. The van der Waals surface area contributed by atoms with Crippen LogP contribution >= 0.6 is 0 Å². The van der Waals surface area contributed by atoms with Gasteiger partial charge in [0, 0.05) is 25.8 Å². The van der Waals surface area contributed by atoms with Crippen molar-refractivity contribution in [3.05, 3.63) is 47.7 Å². The van der Waals surface area contributed by atoms with Crippen molar-refractivity contribution >= 4 is 5.91 Å². The summed E-state index contributed by atoms with van der Waals surface area (Å²) in [7, 11) is 0. The Kier molecular flexibility index (Phi) is 6.91. The first kappa shape index (κ1) is 15.8. The van der Waals surface area contributed by atoms with Gasteiger partial charge in [-0.3, -0.25) is 4.79 Å². The van der Waals surface area contributed by atoms with Gasteiger partial charge in [-0.1, -0.05) is 30.3 Å². The molecule has 0 bridgehead atoms. The second kappa shape index (κ2) is 8.76. The Bertz CT molecular complexity index is 484. The Morgan fingerprint density at radius 3 is 2.50 bits per heavy atom. The van der Waals surface area contributed by atoms with E-state index in [1.165, 1.54) is 5.56 Å². The van der Waals surface area contributed by atoms with Gasteiger partial charge in [0.25, 0.3) is 5.91 Å². The van der Waals surface area contributed by atoms with Crippen LogP contribution in [0.2, 0.25) is 0 Å². The van der Waals surface area contributed by atoms with Gasteiger partial charge in [-0.25, -0.2) is 0 Å². The molecule has 1 aromatic rings. The molecule has 0 fully saturated rings. The molecular weight excluding hydrogens is 250 g/mol. The molecule has 1 amide bonds. The summed E-state index contributed by atoms with van der Waals surface area (Å²) in [6.45, 7) is 6.06. The van der Waals surface area contributed by atoms with Crippen molar-refractivity contribution in [2.45, 2.75) is 20.3 Å². The van der Waals surface area contributed by atoms with E-state index in [2.05, 4.69) is 5.32 Å². The van der Waals surface area contributed by atoms with Gasteiger partial charge in [0.2, 0.25) is 0 Å². The topological polar surface area (TPSA) is 56.1 Å². The number of amides is 1. The third-order valence-electron chi connectivity index (χ3n) is 3.03. The van der Waals surface area contributed by atoms with Crippen molar-refractivity contribution < 1.29 is 4.79 Å². The number of nitrogens with zero attached hydrogens (tertiary/aromatic N) is 2. The molecule has 0 aliphatic rings. The Balaban J connectivity index is 2.50. The molecule has 1 rings (SSSR count). The van der Waals surface area contributed by atoms with Crippen LogP contribution in [-0.2, 0) is 11.2 Å². The third-order valence-corrected chi connectivity index (χ3v) is 3.03. The minimum absolute atomic E-state index is 0.154. The number of carbonyl (C=O) groups is 1. The maximum Gasteiger partial charge on any atom is 0.263 e. The predicted octanol–water partition coefficient (Wildman–Crippen LogP) is 2.09. The lowest BCUT2D eigenvalue weighted by atomic mass is 10.1. The maximum atomic E-state index is 11.9. The summed E-state index contributed by atoms with van der Waals surface area (Å²) in [5.74, 6) is -0.310. The first-order valence-electron chi connectivity index (χ1n) is 6.89. The number of hydrogen-bond acceptors (Lipinski definition) is 3. The van der Waals surface area contributed by atoms with Crippen LogP contribution in [0.15, 0.2) is 42.1 Å². The van der Waals surface area contributed by atoms with E-state index in [1.54, 1.807) is 6.20 Å². The number of carbonyl (C=O) groups excluding carboxylic acids is 1. The van der Waals surface area contributed by atoms with E-state index in [0.29, 0.717) is 6.54 Å². The summed E-state index contributed by atoms with van der Waals surface area (Å²) in [6, 6.07) is 11.9. The molecule has 0 unspecified atom stereocenters. The minimum atomic E-state index is -0.310. The van der Waals surface area contributed by atoms with E-state index in [4.69, 9.17) is 5.26 Å². The number of rotatable bonds is 7. The Labute approximate surface area is 120 Å². The zero-order chi connectivity index (χ0) is 14.8. The normalized spacial score (nSPS) is 10.8. The summed E-state index contributed by atoms with van der Waals surface area (Å²) < 4.78 is 0. The molecular formula is C16H21N3O. The van der Waals surface area contributed by atoms with Crippen molar-refractivity contribution in [1.29, 1.82) is 5.26 Å². The van der Waals surface area contributed by atoms with Gasteiger partial charge in [0.1, 0.15) is 11.6 Å². The summed E-state index contributed by atoms with van der Waals surface area (Å²) >= 11 is 0. The summed E-state index contributed by atoms with van der Waals surface area (Å²) in [5, 5.41) is 11.8. The first-order valence-corrected chi connectivity index (χ1v) is 6.89. The van der Waals surface area contributed by atoms with Gasteiger partial charge in [-0.2, -0.15) is 5.26 Å². The van der Waals surface area contributed by atoms with Crippen molar-refractivity contribution in [3.8, 4) is 6.07 Å². The predicted molar refractivity (Wildman–Crippen MR) is 79.8 cm³/mol. The first-order chi connectivity index (χ1) is 9.71. The molecule has 0 atom stereocenters. The molecule has 1 N–H and O–H groups in total. The molecule has 0 saturated carbocycles. The van der Waals surface area contributed by atoms with Crippen molar-refractivity contribution in [2.24, 2.45) is 0 Å². The van der Waals surface area contributed by atoms with Gasteiger partial charge in [-0.05, 0) is 25.8 Å². The maximum absolute atomic E-state index is 11.9. The Morgan fingerprint density at radius 1 is 1.30 bits per heavy atom. The quantitative estimate of drug-likeness (QED) is 0.610. The van der Waals surface area contributed by atoms with Crippen LogP contribution in [0.25, 0.3) is 0 Å². The average Bonchev–Trinajstić information content (AvgIpc) is 2.49.